The molecule has 0 atom stereocenters. The van der Waals surface area contributed by atoms with Gasteiger partial charge in [0.25, 0.3) is 0 Å². The van der Waals surface area contributed by atoms with Gasteiger partial charge < -0.3 is 20.1 Å². The van der Waals surface area contributed by atoms with Crippen LogP contribution >= 0.6 is 34.7 Å². The number of aromatic nitrogens is 1. The minimum absolute atomic E-state index is 0.0999. The number of carbonyl (C=O) groups is 2. The van der Waals surface area contributed by atoms with Crippen molar-refractivity contribution in [3.8, 4) is 11.5 Å². The standard InChI is InChI=1S/C21H20ClN3O4S2/c1-28-16-5-3-4-14(9-16)23-20(27)12-31-21-24-15(11-30-21)10-19(26)25-17-8-13(22)6-7-18(17)29-2/h3-9,11H,10,12H2,1-2H3,(H,23,27)(H,25,26). The van der Waals surface area contributed by atoms with E-state index >= 15 is 0 Å². The van der Waals surface area contributed by atoms with Gasteiger partial charge in [-0.15, -0.1) is 11.3 Å². The van der Waals surface area contributed by atoms with Crippen LogP contribution in [0.2, 0.25) is 5.02 Å². The average Bonchev–Trinajstić information content (AvgIpc) is 3.19. The highest BCUT2D eigenvalue weighted by Crippen LogP contribution is 2.28. The quantitative estimate of drug-likeness (QED) is 0.433. The molecule has 0 fully saturated rings. The SMILES string of the molecule is COc1cccc(NC(=O)CSc2nc(CC(=O)Nc3cc(Cl)ccc3OC)cs2)c1. The first-order valence-corrected chi connectivity index (χ1v) is 11.4. The summed E-state index contributed by atoms with van der Waals surface area (Å²) in [6, 6.07) is 12.1. The summed E-state index contributed by atoms with van der Waals surface area (Å²) in [6.45, 7) is 0. The van der Waals surface area contributed by atoms with Crippen LogP contribution in [0, 0.1) is 0 Å². The number of benzene rings is 2. The van der Waals surface area contributed by atoms with Crippen molar-refractivity contribution < 1.29 is 19.1 Å². The van der Waals surface area contributed by atoms with Gasteiger partial charge in [0.1, 0.15) is 11.5 Å². The number of anilines is 2. The van der Waals surface area contributed by atoms with Crippen LogP contribution < -0.4 is 20.1 Å². The van der Waals surface area contributed by atoms with Crippen molar-refractivity contribution >= 4 is 57.9 Å². The summed E-state index contributed by atoms with van der Waals surface area (Å²) in [6.07, 6.45) is 0.0999. The highest BCUT2D eigenvalue weighted by molar-refractivity contribution is 8.01. The van der Waals surface area contributed by atoms with Gasteiger partial charge >= 0.3 is 0 Å². The largest absolute Gasteiger partial charge is 0.497 e. The Bertz CT molecular complexity index is 1070. The molecule has 31 heavy (non-hydrogen) atoms. The van der Waals surface area contributed by atoms with Crippen LogP contribution in [0.3, 0.4) is 0 Å². The van der Waals surface area contributed by atoms with Crippen molar-refractivity contribution in [3.63, 3.8) is 0 Å². The van der Waals surface area contributed by atoms with E-state index in [9.17, 15) is 9.59 Å². The van der Waals surface area contributed by atoms with Crippen molar-refractivity contribution in [2.24, 2.45) is 0 Å². The number of methoxy groups -OCH3 is 2. The van der Waals surface area contributed by atoms with Gasteiger partial charge in [-0.05, 0) is 30.3 Å². The second-order valence-corrected chi connectivity index (χ2v) is 8.76. The van der Waals surface area contributed by atoms with E-state index in [0.717, 1.165) is 0 Å². The lowest BCUT2D eigenvalue weighted by atomic mass is 10.2. The number of ether oxygens (including phenoxy) is 2. The lowest BCUT2D eigenvalue weighted by Crippen LogP contribution is -2.15. The molecule has 0 aliphatic carbocycles. The first-order valence-electron chi connectivity index (χ1n) is 9.11. The number of amides is 2. The number of nitrogens with one attached hydrogen (secondary N) is 2. The van der Waals surface area contributed by atoms with Crippen molar-refractivity contribution in [2.45, 2.75) is 10.8 Å². The molecule has 2 amide bonds. The van der Waals surface area contributed by atoms with Crippen LogP contribution in [0.1, 0.15) is 5.69 Å². The summed E-state index contributed by atoms with van der Waals surface area (Å²) in [5, 5.41) is 7.90. The van der Waals surface area contributed by atoms with E-state index in [1.54, 1.807) is 55.0 Å². The van der Waals surface area contributed by atoms with Crippen LogP contribution in [-0.4, -0.2) is 36.8 Å². The zero-order chi connectivity index (χ0) is 22.2. The van der Waals surface area contributed by atoms with Gasteiger partial charge in [0.15, 0.2) is 4.34 Å². The summed E-state index contributed by atoms with van der Waals surface area (Å²) in [5.74, 6) is 1.01. The smallest absolute Gasteiger partial charge is 0.234 e. The van der Waals surface area contributed by atoms with E-state index in [1.807, 2.05) is 0 Å². The van der Waals surface area contributed by atoms with Gasteiger partial charge in [0.05, 0.1) is 37.8 Å². The fourth-order valence-electron chi connectivity index (χ4n) is 2.60. The van der Waals surface area contributed by atoms with Crippen LogP contribution in [-0.2, 0) is 16.0 Å². The normalized spacial score (nSPS) is 10.4. The monoisotopic (exact) mass is 477 g/mol. The Kier molecular flexibility index (Phi) is 8.16. The number of thiazole rings is 1. The maximum Gasteiger partial charge on any atom is 0.234 e. The predicted molar refractivity (Wildman–Crippen MR) is 125 cm³/mol. The third-order valence-corrected chi connectivity index (χ3v) is 6.29. The summed E-state index contributed by atoms with van der Waals surface area (Å²) < 4.78 is 11.1. The van der Waals surface area contributed by atoms with Crippen molar-refractivity contribution in [1.82, 2.24) is 4.98 Å². The third-order valence-electron chi connectivity index (χ3n) is 3.99. The predicted octanol–water partition coefficient (Wildman–Crippen LogP) is 4.73. The van der Waals surface area contributed by atoms with E-state index in [4.69, 9.17) is 21.1 Å². The number of hydrogen-bond donors (Lipinski definition) is 2. The molecule has 0 saturated heterocycles. The molecule has 1 heterocycles. The van der Waals surface area contributed by atoms with Gasteiger partial charge in [0.2, 0.25) is 11.8 Å². The molecule has 162 valence electrons. The lowest BCUT2D eigenvalue weighted by molar-refractivity contribution is -0.116. The Morgan fingerprint density at radius 1 is 1.10 bits per heavy atom. The Morgan fingerprint density at radius 3 is 2.71 bits per heavy atom. The maximum atomic E-state index is 12.4. The second kappa shape index (κ2) is 11.0. The van der Waals surface area contributed by atoms with E-state index in [-0.39, 0.29) is 24.0 Å². The molecule has 2 aromatic carbocycles. The van der Waals surface area contributed by atoms with Crippen LogP contribution in [0.15, 0.2) is 52.2 Å². The Hall–Kier alpha value is -2.75. The molecule has 3 rings (SSSR count). The zero-order valence-electron chi connectivity index (χ0n) is 16.8. The Morgan fingerprint density at radius 2 is 1.94 bits per heavy atom. The molecule has 7 nitrogen and oxygen atoms in total. The first kappa shape index (κ1) is 22.9. The third kappa shape index (κ3) is 6.88. The summed E-state index contributed by atoms with van der Waals surface area (Å²) in [7, 11) is 3.09. The van der Waals surface area contributed by atoms with Crippen LogP contribution in [0.4, 0.5) is 11.4 Å². The summed E-state index contributed by atoms with van der Waals surface area (Å²) in [4.78, 5) is 29.0. The van der Waals surface area contributed by atoms with Gasteiger partial charge in [-0.25, -0.2) is 4.98 Å². The molecule has 2 N–H and O–H groups in total. The number of hydrogen-bond acceptors (Lipinski definition) is 7. The van der Waals surface area contributed by atoms with E-state index in [0.29, 0.717) is 37.9 Å². The maximum absolute atomic E-state index is 12.4. The van der Waals surface area contributed by atoms with Crippen LogP contribution in [0.5, 0.6) is 11.5 Å². The van der Waals surface area contributed by atoms with Gasteiger partial charge in [-0.2, -0.15) is 0 Å². The highest BCUT2D eigenvalue weighted by Gasteiger charge is 2.13. The molecular formula is C21H20ClN3O4S2. The molecule has 0 aliphatic rings. The summed E-state index contributed by atoms with van der Waals surface area (Å²) >= 11 is 8.69. The number of carbonyl (C=O) groups excluding carboxylic acids is 2. The minimum Gasteiger partial charge on any atom is -0.497 e. The number of rotatable bonds is 9. The lowest BCUT2D eigenvalue weighted by Gasteiger charge is -2.10. The van der Waals surface area contributed by atoms with E-state index in [1.165, 1.54) is 30.2 Å². The van der Waals surface area contributed by atoms with E-state index in [2.05, 4.69) is 15.6 Å². The van der Waals surface area contributed by atoms with E-state index < -0.39 is 0 Å². The highest BCUT2D eigenvalue weighted by atomic mass is 35.5. The fraction of sp³-hybridized carbons (Fsp3) is 0.190. The first-order chi connectivity index (χ1) is 15.0. The molecule has 0 unspecified atom stereocenters. The Labute approximate surface area is 193 Å². The number of halogens is 1. The van der Waals surface area contributed by atoms with Crippen molar-refractivity contribution in [2.75, 3.05) is 30.6 Å². The topological polar surface area (TPSA) is 89.5 Å². The second-order valence-electron chi connectivity index (χ2n) is 6.24. The molecule has 0 bridgehead atoms. The number of thioether (sulfide) groups is 1. The molecule has 0 spiro atoms. The van der Waals surface area contributed by atoms with Crippen LogP contribution in [0.25, 0.3) is 0 Å². The summed E-state index contributed by atoms with van der Waals surface area (Å²) in [5.41, 5.74) is 1.79. The molecular weight excluding hydrogens is 458 g/mol. The van der Waals surface area contributed by atoms with Crippen molar-refractivity contribution in [3.05, 3.63) is 58.6 Å². The average molecular weight is 478 g/mol. The molecule has 0 aliphatic heterocycles. The van der Waals surface area contributed by atoms with Crippen molar-refractivity contribution in [1.29, 1.82) is 0 Å². The van der Waals surface area contributed by atoms with Gasteiger partial charge in [-0.1, -0.05) is 29.4 Å². The van der Waals surface area contributed by atoms with Gasteiger partial charge in [0, 0.05) is 22.2 Å². The van der Waals surface area contributed by atoms with Gasteiger partial charge in [-0.3, -0.25) is 9.59 Å². The minimum atomic E-state index is -0.238. The molecule has 1 aromatic heterocycles. The molecule has 0 radical (unpaired) electrons. The molecule has 10 heteroatoms. The fourth-order valence-corrected chi connectivity index (χ4v) is 4.41. The molecule has 0 saturated carbocycles. The number of nitrogens with zero attached hydrogens (tertiary/aromatic N) is 1. The Balaban J connectivity index is 1.50. The molecule has 3 aromatic rings. The zero-order valence-corrected chi connectivity index (χ0v) is 19.2.